The molecule has 0 spiro atoms. The van der Waals surface area contributed by atoms with Crippen molar-refractivity contribution >= 4 is 21.7 Å². The first-order chi connectivity index (χ1) is 7.15. The van der Waals surface area contributed by atoms with Crippen LogP contribution in [0.2, 0.25) is 0 Å². The third kappa shape index (κ3) is 2.33. The van der Waals surface area contributed by atoms with Crippen molar-refractivity contribution in [1.82, 2.24) is 9.97 Å². The number of benzene rings is 1. The summed E-state index contributed by atoms with van der Waals surface area (Å²) in [4.78, 5) is 8.37. The van der Waals surface area contributed by atoms with Crippen LogP contribution in [0.15, 0.2) is 34.8 Å². The highest BCUT2D eigenvalue weighted by Crippen LogP contribution is 2.22. The van der Waals surface area contributed by atoms with Gasteiger partial charge in [0, 0.05) is 16.1 Å². The maximum Gasteiger partial charge on any atom is 0.128 e. The first kappa shape index (κ1) is 10.1. The summed E-state index contributed by atoms with van der Waals surface area (Å²) in [6.07, 6.45) is 0. The summed E-state index contributed by atoms with van der Waals surface area (Å²) in [6.45, 7) is 1.83. The Bertz CT molecular complexity index is 477. The summed E-state index contributed by atoms with van der Waals surface area (Å²) in [5.41, 5.74) is 7.55. The Hall–Kier alpha value is -1.42. The molecule has 4 heteroatoms. The number of anilines is 1. The Labute approximate surface area is 96.5 Å². The second-order valence-corrected chi connectivity index (χ2v) is 4.15. The zero-order chi connectivity index (χ0) is 10.8. The second kappa shape index (κ2) is 3.98. The van der Waals surface area contributed by atoms with Crippen molar-refractivity contribution in [2.75, 3.05) is 5.73 Å². The van der Waals surface area contributed by atoms with E-state index >= 15 is 0 Å². The Morgan fingerprint density at radius 1 is 1.20 bits per heavy atom. The number of halogens is 1. The van der Waals surface area contributed by atoms with E-state index in [9.17, 15) is 0 Å². The number of hydrogen-bond donors (Lipinski definition) is 1. The van der Waals surface area contributed by atoms with E-state index in [-0.39, 0.29) is 0 Å². The topological polar surface area (TPSA) is 51.8 Å². The lowest BCUT2D eigenvalue weighted by atomic mass is 10.1. The van der Waals surface area contributed by atoms with E-state index < -0.39 is 0 Å². The summed E-state index contributed by atoms with van der Waals surface area (Å²) in [5.74, 6) is 1.18. The SMILES string of the molecule is Cc1nc(N)cc(-c2cccc(Br)c2)n1. The smallest absolute Gasteiger partial charge is 0.128 e. The molecule has 0 atom stereocenters. The number of hydrogen-bond acceptors (Lipinski definition) is 3. The average Bonchev–Trinajstić information content (AvgIpc) is 2.16. The molecule has 1 heterocycles. The van der Waals surface area contributed by atoms with Crippen LogP contribution in [-0.4, -0.2) is 9.97 Å². The molecule has 1 aromatic heterocycles. The van der Waals surface area contributed by atoms with Gasteiger partial charge in [-0.3, -0.25) is 0 Å². The lowest BCUT2D eigenvalue weighted by molar-refractivity contribution is 1.07. The molecule has 0 saturated carbocycles. The largest absolute Gasteiger partial charge is 0.384 e. The van der Waals surface area contributed by atoms with Gasteiger partial charge in [0.15, 0.2) is 0 Å². The molecule has 2 N–H and O–H groups in total. The molecule has 0 fully saturated rings. The summed E-state index contributed by atoms with van der Waals surface area (Å²) in [7, 11) is 0. The minimum Gasteiger partial charge on any atom is -0.384 e. The van der Waals surface area contributed by atoms with Crippen molar-refractivity contribution < 1.29 is 0 Å². The molecule has 3 nitrogen and oxygen atoms in total. The molecule has 0 amide bonds. The van der Waals surface area contributed by atoms with Crippen molar-refractivity contribution in [2.45, 2.75) is 6.92 Å². The highest BCUT2D eigenvalue weighted by atomic mass is 79.9. The number of rotatable bonds is 1. The molecule has 0 radical (unpaired) electrons. The fraction of sp³-hybridized carbons (Fsp3) is 0.0909. The monoisotopic (exact) mass is 263 g/mol. The third-order valence-electron chi connectivity index (χ3n) is 1.98. The molecule has 2 aromatic rings. The van der Waals surface area contributed by atoms with Gasteiger partial charge in [0.05, 0.1) is 5.69 Å². The zero-order valence-corrected chi connectivity index (χ0v) is 9.82. The van der Waals surface area contributed by atoms with Gasteiger partial charge in [0.1, 0.15) is 11.6 Å². The minimum atomic E-state index is 0.498. The summed E-state index contributed by atoms with van der Waals surface area (Å²) >= 11 is 3.42. The maximum absolute atomic E-state index is 5.67. The fourth-order valence-corrected chi connectivity index (χ4v) is 1.79. The van der Waals surface area contributed by atoms with Gasteiger partial charge in [-0.2, -0.15) is 0 Å². The van der Waals surface area contributed by atoms with E-state index in [0.717, 1.165) is 15.7 Å². The van der Waals surface area contributed by atoms with Crippen molar-refractivity contribution in [3.8, 4) is 11.3 Å². The standard InChI is InChI=1S/C11H10BrN3/c1-7-14-10(6-11(13)15-7)8-3-2-4-9(12)5-8/h2-6H,1H3,(H2,13,14,15). The van der Waals surface area contributed by atoms with Gasteiger partial charge in [-0.15, -0.1) is 0 Å². The lowest BCUT2D eigenvalue weighted by Gasteiger charge is -2.03. The molecule has 0 unspecified atom stereocenters. The number of aryl methyl sites for hydroxylation is 1. The third-order valence-corrected chi connectivity index (χ3v) is 2.47. The second-order valence-electron chi connectivity index (χ2n) is 3.24. The van der Waals surface area contributed by atoms with E-state index in [4.69, 9.17) is 5.73 Å². The summed E-state index contributed by atoms with van der Waals surface area (Å²) in [6, 6.07) is 9.70. The van der Waals surface area contributed by atoms with Gasteiger partial charge in [-0.25, -0.2) is 9.97 Å². The molecule has 76 valence electrons. The van der Waals surface area contributed by atoms with Crippen LogP contribution in [0, 0.1) is 6.92 Å². The normalized spacial score (nSPS) is 10.3. The molecule has 0 saturated heterocycles. The van der Waals surface area contributed by atoms with Crippen molar-refractivity contribution in [3.63, 3.8) is 0 Å². The molecular weight excluding hydrogens is 254 g/mol. The highest BCUT2D eigenvalue weighted by molar-refractivity contribution is 9.10. The molecule has 0 aliphatic heterocycles. The predicted octanol–water partition coefficient (Wildman–Crippen LogP) is 2.80. The number of aromatic nitrogens is 2. The Morgan fingerprint density at radius 2 is 2.00 bits per heavy atom. The highest BCUT2D eigenvalue weighted by Gasteiger charge is 2.02. The van der Waals surface area contributed by atoms with Gasteiger partial charge in [-0.1, -0.05) is 28.1 Å². The van der Waals surface area contributed by atoms with E-state index in [2.05, 4.69) is 25.9 Å². The van der Waals surface area contributed by atoms with Crippen LogP contribution in [0.5, 0.6) is 0 Å². The van der Waals surface area contributed by atoms with Gasteiger partial charge in [0.2, 0.25) is 0 Å². The van der Waals surface area contributed by atoms with E-state index in [1.165, 1.54) is 0 Å². The minimum absolute atomic E-state index is 0.498. The Balaban J connectivity index is 2.54. The van der Waals surface area contributed by atoms with Crippen LogP contribution in [0.1, 0.15) is 5.82 Å². The Morgan fingerprint density at radius 3 is 2.67 bits per heavy atom. The van der Waals surface area contributed by atoms with Crippen molar-refractivity contribution in [1.29, 1.82) is 0 Å². The first-order valence-corrected chi connectivity index (χ1v) is 5.31. The summed E-state index contributed by atoms with van der Waals surface area (Å²) in [5, 5.41) is 0. The van der Waals surface area contributed by atoms with Gasteiger partial charge in [0.25, 0.3) is 0 Å². The van der Waals surface area contributed by atoms with Crippen LogP contribution in [0.3, 0.4) is 0 Å². The molecule has 0 bridgehead atoms. The number of nitrogen functional groups attached to an aromatic ring is 1. The Kier molecular flexibility index (Phi) is 2.68. The molecule has 15 heavy (non-hydrogen) atoms. The van der Waals surface area contributed by atoms with E-state index in [0.29, 0.717) is 11.6 Å². The van der Waals surface area contributed by atoms with Crippen LogP contribution in [0.4, 0.5) is 5.82 Å². The molecular formula is C11H10BrN3. The maximum atomic E-state index is 5.67. The molecule has 0 aliphatic rings. The average molecular weight is 264 g/mol. The van der Waals surface area contributed by atoms with E-state index in [1.807, 2.05) is 31.2 Å². The van der Waals surface area contributed by atoms with Gasteiger partial charge in [-0.05, 0) is 19.1 Å². The summed E-state index contributed by atoms with van der Waals surface area (Å²) < 4.78 is 1.02. The lowest BCUT2D eigenvalue weighted by Crippen LogP contribution is -1.97. The van der Waals surface area contributed by atoms with Crippen LogP contribution in [-0.2, 0) is 0 Å². The number of nitrogens with zero attached hydrogens (tertiary/aromatic N) is 2. The first-order valence-electron chi connectivity index (χ1n) is 4.52. The zero-order valence-electron chi connectivity index (χ0n) is 8.24. The molecule has 0 aliphatic carbocycles. The van der Waals surface area contributed by atoms with E-state index in [1.54, 1.807) is 6.07 Å². The quantitative estimate of drug-likeness (QED) is 0.861. The van der Waals surface area contributed by atoms with Crippen LogP contribution >= 0.6 is 15.9 Å². The van der Waals surface area contributed by atoms with Crippen LogP contribution in [0.25, 0.3) is 11.3 Å². The van der Waals surface area contributed by atoms with Crippen molar-refractivity contribution in [2.24, 2.45) is 0 Å². The van der Waals surface area contributed by atoms with Crippen molar-refractivity contribution in [3.05, 3.63) is 40.6 Å². The predicted molar refractivity (Wildman–Crippen MR) is 64.3 cm³/mol. The van der Waals surface area contributed by atoms with Gasteiger partial charge < -0.3 is 5.73 Å². The molecule has 2 rings (SSSR count). The fourth-order valence-electron chi connectivity index (χ4n) is 1.39. The molecule has 1 aromatic carbocycles. The number of nitrogens with two attached hydrogens (primary N) is 1. The van der Waals surface area contributed by atoms with Crippen LogP contribution < -0.4 is 5.73 Å². The van der Waals surface area contributed by atoms with Gasteiger partial charge >= 0.3 is 0 Å².